The molecule has 0 saturated heterocycles. The van der Waals surface area contributed by atoms with Gasteiger partial charge in [-0.15, -0.1) is 0 Å². The Morgan fingerprint density at radius 1 is 1.50 bits per heavy atom. The van der Waals surface area contributed by atoms with E-state index in [4.69, 9.17) is 5.26 Å². The molecular weight excluding hydrogens is 174 g/mol. The molecule has 0 N–H and O–H groups in total. The number of hydrogen-bond donors (Lipinski definition) is 0. The number of nitriles is 1. The molecule has 0 amide bonds. The van der Waals surface area contributed by atoms with Crippen molar-refractivity contribution in [2.75, 3.05) is 11.5 Å². The van der Waals surface area contributed by atoms with Crippen LogP contribution < -0.4 is 0 Å². The largest absolute Gasteiger partial charge is 0.229 e. The summed E-state index contributed by atoms with van der Waals surface area (Å²) in [6.45, 7) is 3.87. The summed E-state index contributed by atoms with van der Waals surface area (Å²) in [5, 5.41) is 8.21. The van der Waals surface area contributed by atoms with Crippen molar-refractivity contribution < 1.29 is 8.42 Å². The summed E-state index contributed by atoms with van der Waals surface area (Å²) < 4.78 is 22.4. The minimum Gasteiger partial charge on any atom is -0.229 e. The molecule has 1 atom stereocenters. The number of rotatable bonds is 5. The summed E-state index contributed by atoms with van der Waals surface area (Å²) in [7, 11) is -2.98. The summed E-state index contributed by atoms with van der Waals surface area (Å²) in [5.41, 5.74) is 0. The molecular formula is C8H15NO2S. The van der Waals surface area contributed by atoms with Crippen molar-refractivity contribution in [3.05, 3.63) is 0 Å². The lowest BCUT2D eigenvalue weighted by Crippen LogP contribution is -2.16. The van der Waals surface area contributed by atoms with E-state index in [0.717, 1.165) is 6.42 Å². The van der Waals surface area contributed by atoms with Gasteiger partial charge in [0, 0.05) is 6.42 Å². The van der Waals surface area contributed by atoms with Crippen molar-refractivity contribution in [3.8, 4) is 6.07 Å². The third-order valence-electron chi connectivity index (χ3n) is 1.76. The molecule has 0 radical (unpaired) electrons. The van der Waals surface area contributed by atoms with Gasteiger partial charge in [0.25, 0.3) is 0 Å². The monoisotopic (exact) mass is 189 g/mol. The second kappa shape index (κ2) is 5.15. The highest BCUT2D eigenvalue weighted by Gasteiger charge is 2.13. The predicted molar refractivity (Wildman–Crippen MR) is 48.3 cm³/mol. The van der Waals surface area contributed by atoms with Crippen molar-refractivity contribution in [2.24, 2.45) is 5.92 Å². The standard InChI is InChI=1S/C8H15NO2S/c1-3-8(2)7-12(10,11)6-4-5-9/h8H,3-4,6-7H2,1-2H3. The summed E-state index contributed by atoms with van der Waals surface area (Å²) in [6.07, 6.45) is 0.977. The van der Waals surface area contributed by atoms with Crippen LogP contribution in [-0.2, 0) is 9.84 Å². The Bertz CT molecular complexity index is 251. The van der Waals surface area contributed by atoms with Gasteiger partial charge in [-0.05, 0) is 5.92 Å². The lowest BCUT2D eigenvalue weighted by molar-refractivity contribution is 0.564. The Kier molecular flexibility index (Phi) is 4.91. The Morgan fingerprint density at radius 3 is 2.50 bits per heavy atom. The quantitative estimate of drug-likeness (QED) is 0.656. The van der Waals surface area contributed by atoms with Crippen LogP contribution in [0.4, 0.5) is 0 Å². The maximum Gasteiger partial charge on any atom is 0.151 e. The molecule has 0 fully saturated rings. The van der Waals surface area contributed by atoms with Gasteiger partial charge in [0.05, 0.1) is 17.6 Å². The Labute approximate surface area is 74.3 Å². The van der Waals surface area contributed by atoms with Crippen LogP contribution >= 0.6 is 0 Å². The van der Waals surface area contributed by atoms with Crippen molar-refractivity contribution in [1.29, 1.82) is 5.26 Å². The van der Waals surface area contributed by atoms with Gasteiger partial charge in [-0.3, -0.25) is 0 Å². The Morgan fingerprint density at radius 2 is 2.08 bits per heavy atom. The van der Waals surface area contributed by atoms with Gasteiger partial charge in [0.1, 0.15) is 0 Å². The van der Waals surface area contributed by atoms with Crippen LogP contribution in [0.2, 0.25) is 0 Å². The van der Waals surface area contributed by atoms with E-state index < -0.39 is 9.84 Å². The normalized spacial score (nSPS) is 13.8. The molecule has 3 nitrogen and oxygen atoms in total. The Hall–Kier alpha value is -0.560. The van der Waals surface area contributed by atoms with E-state index in [-0.39, 0.29) is 23.8 Å². The molecule has 0 aliphatic rings. The molecule has 0 spiro atoms. The molecule has 0 aliphatic carbocycles. The second-order valence-electron chi connectivity index (χ2n) is 3.04. The molecule has 70 valence electrons. The van der Waals surface area contributed by atoms with Crippen LogP contribution in [0.25, 0.3) is 0 Å². The zero-order valence-electron chi connectivity index (χ0n) is 7.58. The summed E-state index contributed by atoms with van der Waals surface area (Å²) in [6, 6.07) is 1.84. The van der Waals surface area contributed by atoms with Crippen molar-refractivity contribution in [3.63, 3.8) is 0 Å². The third-order valence-corrected chi connectivity index (χ3v) is 3.66. The van der Waals surface area contributed by atoms with E-state index in [1.807, 2.05) is 19.9 Å². The van der Waals surface area contributed by atoms with Gasteiger partial charge in [-0.25, -0.2) is 8.42 Å². The van der Waals surface area contributed by atoms with Crippen molar-refractivity contribution >= 4 is 9.84 Å². The first kappa shape index (κ1) is 11.4. The van der Waals surface area contributed by atoms with Crippen molar-refractivity contribution in [1.82, 2.24) is 0 Å². The van der Waals surface area contributed by atoms with Gasteiger partial charge in [-0.2, -0.15) is 5.26 Å². The lowest BCUT2D eigenvalue weighted by atomic mass is 10.2. The third kappa shape index (κ3) is 5.14. The highest BCUT2D eigenvalue weighted by atomic mass is 32.2. The molecule has 0 heterocycles. The second-order valence-corrected chi connectivity index (χ2v) is 5.26. The average molecular weight is 189 g/mol. The topological polar surface area (TPSA) is 57.9 Å². The van der Waals surface area contributed by atoms with Gasteiger partial charge in [0.15, 0.2) is 9.84 Å². The van der Waals surface area contributed by atoms with Gasteiger partial charge < -0.3 is 0 Å². The van der Waals surface area contributed by atoms with Gasteiger partial charge in [0.2, 0.25) is 0 Å². The smallest absolute Gasteiger partial charge is 0.151 e. The van der Waals surface area contributed by atoms with E-state index in [1.165, 1.54) is 0 Å². The summed E-state index contributed by atoms with van der Waals surface area (Å²) in [4.78, 5) is 0. The molecule has 0 aromatic carbocycles. The Balaban J connectivity index is 3.98. The molecule has 0 aromatic heterocycles. The molecule has 0 rings (SSSR count). The minimum atomic E-state index is -2.98. The van der Waals surface area contributed by atoms with E-state index in [2.05, 4.69) is 0 Å². The van der Waals surface area contributed by atoms with E-state index in [1.54, 1.807) is 0 Å². The maximum atomic E-state index is 11.2. The van der Waals surface area contributed by atoms with E-state index >= 15 is 0 Å². The number of nitrogens with zero attached hydrogens (tertiary/aromatic N) is 1. The maximum absolute atomic E-state index is 11.2. The summed E-state index contributed by atoms with van der Waals surface area (Å²) in [5.74, 6) is 0.424. The van der Waals surface area contributed by atoms with Crippen LogP contribution in [0, 0.1) is 17.2 Å². The number of hydrogen-bond acceptors (Lipinski definition) is 3. The molecule has 1 unspecified atom stereocenters. The van der Waals surface area contributed by atoms with Crippen LogP contribution in [-0.4, -0.2) is 19.9 Å². The minimum absolute atomic E-state index is 0.00778. The predicted octanol–water partition coefficient (Wildman–Crippen LogP) is 1.36. The van der Waals surface area contributed by atoms with Crippen LogP contribution in [0.5, 0.6) is 0 Å². The first-order valence-corrected chi connectivity index (χ1v) is 5.91. The molecule has 4 heteroatoms. The highest BCUT2D eigenvalue weighted by molar-refractivity contribution is 7.91. The van der Waals surface area contributed by atoms with Crippen LogP contribution in [0.1, 0.15) is 26.7 Å². The first-order chi connectivity index (χ1) is 5.52. The van der Waals surface area contributed by atoms with Gasteiger partial charge in [-0.1, -0.05) is 20.3 Å². The highest BCUT2D eigenvalue weighted by Crippen LogP contribution is 2.06. The van der Waals surface area contributed by atoms with Crippen LogP contribution in [0.3, 0.4) is 0 Å². The molecule has 0 aromatic rings. The zero-order valence-corrected chi connectivity index (χ0v) is 8.39. The molecule has 0 bridgehead atoms. The van der Waals surface area contributed by atoms with Crippen LogP contribution in [0.15, 0.2) is 0 Å². The molecule has 0 saturated carbocycles. The summed E-state index contributed by atoms with van der Waals surface area (Å²) >= 11 is 0. The van der Waals surface area contributed by atoms with E-state index in [9.17, 15) is 8.42 Å². The fourth-order valence-electron chi connectivity index (χ4n) is 0.836. The zero-order chi connectivity index (χ0) is 9.61. The fraction of sp³-hybridized carbons (Fsp3) is 0.875. The fourth-order valence-corrected chi connectivity index (χ4v) is 2.51. The lowest BCUT2D eigenvalue weighted by Gasteiger charge is -2.07. The molecule has 0 aliphatic heterocycles. The van der Waals surface area contributed by atoms with Gasteiger partial charge >= 0.3 is 0 Å². The average Bonchev–Trinajstić information content (AvgIpc) is 2.00. The van der Waals surface area contributed by atoms with E-state index in [0.29, 0.717) is 0 Å². The van der Waals surface area contributed by atoms with Crippen molar-refractivity contribution in [2.45, 2.75) is 26.7 Å². The number of sulfone groups is 1. The first-order valence-electron chi connectivity index (χ1n) is 4.09. The SMILES string of the molecule is CCC(C)CS(=O)(=O)CCC#N. The molecule has 12 heavy (non-hydrogen) atoms.